The normalized spacial score (nSPS) is 37.6. The SMILES string of the molecule is CCC1(C(F)(F)F)CC(C)(C(C)(C)C)C1. The first-order valence-electron chi connectivity index (χ1n) is 5.54. The van der Waals surface area contributed by atoms with Crippen LogP contribution in [-0.2, 0) is 0 Å². The van der Waals surface area contributed by atoms with Crippen LogP contribution in [-0.4, -0.2) is 6.18 Å². The van der Waals surface area contributed by atoms with E-state index >= 15 is 0 Å². The molecule has 1 saturated carbocycles. The van der Waals surface area contributed by atoms with E-state index in [2.05, 4.69) is 0 Å². The van der Waals surface area contributed by atoms with Gasteiger partial charge in [-0.15, -0.1) is 0 Å². The summed E-state index contributed by atoms with van der Waals surface area (Å²) < 4.78 is 38.7. The molecule has 0 heterocycles. The molecular weight excluding hydrogens is 201 g/mol. The number of hydrogen-bond donors (Lipinski definition) is 0. The van der Waals surface area contributed by atoms with Gasteiger partial charge in [-0.3, -0.25) is 0 Å². The second kappa shape index (κ2) is 3.14. The van der Waals surface area contributed by atoms with Crippen molar-refractivity contribution in [2.24, 2.45) is 16.2 Å². The third-order valence-corrected chi connectivity index (χ3v) is 4.55. The van der Waals surface area contributed by atoms with Crippen LogP contribution in [0, 0.1) is 16.2 Å². The monoisotopic (exact) mass is 222 g/mol. The lowest BCUT2D eigenvalue weighted by Crippen LogP contribution is -2.57. The zero-order valence-corrected chi connectivity index (χ0v) is 10.3. The van der Waals surface area contributed by atoms with Crippen molar-refractivity contribution in [2.75, 3.05) is 0 Å². The van der Waals surface area contributed by atoms with Crippen molar-refractivity contribution in [3.05, 3.63) is 0 Å². The summed E-state index contributed by atoms with van der Waals surface area (Å²) in [7, 11) is 0. The topological polar surface area (TPSA) is 0 Å². The van der Waals surface area contributed by atoms with Gasteiger partial charge in [-0.05, 0) is 30.1 Å². The second-order valence-corrected chi connectivity index (χ2v) is 6.30. The molecule has 0 nitrogen and oxygen atoms in total. The predicted octanol–water partition coefficient (Wildman–Crippen LogP) is 4.79. The average Bonchev–Trinajstić information content (AvgIpc) is 1.93. The summed E-state index contributed by atoms with van der Waals surface area (Å²) in [5.41, 5.74) is -1.62. The molecule has 0 atom stereocenters. The van der Waals surface area contributed by atoms with Gasteiger partial charge < -0.3 is 0 Å². The van der Waals surface area contributed by atoms with Gasteiger partial charge >= 0.3 is 6.18 Å². The molecule has 0 aromatic rings. The van der Waals surface area contributed by atoms with E-state index in [0.29, 0.717) is 0 Å². The fourth-order valence-electron chi connectivity index (χ4n) is 2.62. The Morgan fingerprint density at radius 3 is 1.67 bits per heavy atom. The number of alkyl halides is 3. The maximum absolute atomic E-state index is 12.9. The quantitative estimate of drug-likeness (QED) is 0.598. The molecule has 90 valence electrons. The highest BCUT2D eigenvalue weighted by molar-refractivity contribution is 5.08. The first-order valence-corrected chi connectivity index (χ1v) is 5.54. The van der Waals surface area contributed by atoms with Crippen molar-refractivity contribution in [3.63, 3.8) is 0 Å². The Labute approximate surface area is 90.2 Å². The molecular formula is C12H21F3. The highest BCUT2D eigenvalue weighted by Crippen LogP contribution is 2.68. The van der Waals surface area contributed by atoms with Gasteiger partial charge in [0.05, 0.1) is 5.41 Å². The summed E-state index contributed by atoms with van der Waals surface area (Å²) in [6, 6.07) is 0. The van der Waals surface area contributed by atoms with E-state index in [-0.39, 0.29) is 30.1 Å². The first kappa shape index (κ1) is 12.9. The molecule has 0 bridgehead atoms. The lowest BCUT2D eigenvalue weighted by molar-refractivity contribution is -0.295. The van der Waals surface area contributed by atoms with Crippen molar-refractivity contribution in [1.82, 2.24) is 0 Å². The van der Waals surface area contributed by atoms with Crippen LogP contribution in [0.2, 0.25) is 0 Å². The maximum Gasteiger partial charge on any atom is 0.394 e. The minimum atomic E-state index is -4.04. The van der Waals surface area contributed by atoms with Gasteiger partial charge in [-0.25, -0.2) is 0 Å². The molecule has 0 aliphatic heterocycles. The van der Waals surface area contributed by atoms with E-state index in [1.54, 1.807) is 6.92 Å². The third kappa shape index (κ3) is 1.78. The summed E-state index contributed by atoms with van der Waals surface area (Å²) >= 11 is 0. The summed E-state index contributed by atoms with van der Waals surface area (Å²) in [6.45, 7) is 9.72. The van der Waals surface area contributed by atoms with Crippen LogP contribution in [0.25, 0.3) is 0 Å². The van der Waals surface area contributed by atoms with Gasteiger partial charge in [-0.1, -0.05) is 34.6 Å². The zero-order valence-electron chi connectivity index (χ0n) is 10.3. The molecule has 1 aliphatic rings. The Hall–Kier alpha value is -0.210. The van der Waals surface area contributed by atoms with E-state index in [1.165, 1.54) is 0 Å². The molecule has 1 fully saturated rings. The van der Waals surface area contributed by atoms with Gasteiger partial charge in [-0.2, -0.15) is 13.2 Å². The van der Waals surface area contributed by atoms with Gasteiger partial charge in [0.1, 0.15) is 0 Å². The fourth-order valence-corrected chi connectivity index (χ4v) is 2.62. The van der Waals surface area contributed by atoms with E-state index in [4.69, 9.17) is 0 Å². The molecule has 0 radical (unpaired) electrons. The van der Waals surface area contributed by atoms with E-state index in [9.17, 15) is 13.2 Å². The Morgan fingerprint density at radius 1 is 1.07 bits per heavy atom. The smallest absolute Gasteiger partial charge is 0.171 e. The number of rotatable bonds is 1. The van der Waals surface area contributed by atoms with Gasteiger partial charge in [0.2, 0.25) is 0 Å². The lowest BCUT2D eigenvalue weighted by atomic mass is 9.44. The predicted molar refractivity (Wildman–Crippen MR) is 55.6 cm³/mol. The summed E-state index contributed by atoms with van der Waals surface area (Å²) in [6.07, 6.45) is -3.26. The first-order chi connectivity index (χ1) is 6.47. The zero-order chi connectivity index (χ0) is 12.1. The molecule has 0 aromatic heterocycles. The molecule has 0 saturated heterocycles. The molecule has 1 aliphatic carbocycles. The largest absolute Gasteiger partial charge is 0.394 e. The number of hydrogen-bond acceptors (Lipinski definition) is 0. The molecule has 15 heavy (non-hydrogen) atoms. The lowest BCUT2D eigenvalue weighted by Gasteiger charge is -2.60. The third-order valence-electron chi connectivity index (χ3n) is 4.55. The summed E-state index contributed by atoms with van der Waals surface area (Å²) in [5.74, 6) is 0. The molecule has 0 aromatic carbocycles. The van der Waals surface area contributed by atoms with Crippen LogP contribution in [0.5, 0.6) is 0 Å². The van der Waals surface area contributed by atoms with Crippen LogP contribution < -0.4 is 0 Å². The van der Waals surface area contributed by atoms with E-state index in [1.807, 2.05) is 27.7 Å². The molecule has 0 unspecified atom stereocenters. The van der Waals surface area contributed by atoms with E-state index < -0.39 is 11.6 Å². The maximum atomic E-state index is 12.9. The minimum Gasteiger partial charge on any atom is -0.171 e. The van der Waals surface area contributed by atoms with Crippen molar-refractivity contribution in [2.45, 2.75) is 60.1 Å². The summed E-state index contributed by atoms with van der Waals surface area (Å²) in [4.78, 5) is 0. The highest BCUT2D eigenvalue weighted by Gasteiger charge is 2.67. The number of halogens is 3. The van der Waals surface area contributed by atoms with Crippen molar-refractivity contribution < 1.29 is 13.2 Å². The second-order valence-electron chi connectivity index (χ2n) is 6.30. The molecule has 0 amide bonds. The molecule has 0 N–H and O–H groups in total. The van der Waals surface area contributed by atoms with Crippen LogP contribution in [0.3, 0.4) is 0 Å². The van der Waals surface area contributed by atoms with Crippen molar-refractivity contribution in [1.29, 1.82) is 0 Å². The Morgan fingerprint density at radius 2 is 1.47 bits per heavy atom. The van der Waals surface area contributed by atoms with Crippen LogP contribution in [0.15, 0.2) is 0 Å². The van der Waals surface area contributed by atoms with Gasteiger partial charge in [0, 0.05) is 0 Å². The minimum absolute atomic E-state index is 0.0447. The molecule has 1 rings (SSSR count). The Kier molecular flexibility index (Phi) is 2.69. The highest BCUT2D eigenvalue weighted by atomic mass is 19.4. The van der Waals surface area contributed by atoms with E-state index in [0.717, 1.165) is 0 Å². The molecule has 0 spiro atoms. The molecule has 3 heteroatoms. The average molecular weight is 222 g/mol. The Bertz CT molecular complexity index is 239. The van der Waals surface area contributed by atoms with Gasteiger partial charge in [0.25, 0.3) is 0 Å². The van der Waals surface area contributed by atoms with Crippen molar-refractivity contribution >= 4 is 0 Å². The fraction of sp³-hybridized carbons (Fsp3) is 1.00. The Balaban J connectivity index is 2.84. The van der Waals surface area contributed by atoms with Crippen molar-refractivity contribution in [3.8, 4) is 0 Å². The van der Waals surface area contributed by atoms with Crippen LogP contribution in [0.4, 0.5) is 13.2 Å². The summed E-state index contributed by atoms with van der Waals surface area (Å²) in [5, 5.41) is 0. The standard InChI is InChI=1S/C12H21F3/c1-6-11(12(13,14)15)7-10(5,8-11)9(2,3)4/h6-8H2,1-5H3. The van der Waals surface area contributed by atoms with Gasteiger partial charge in [0.15, 0.2) is 0 Å². The van der Waals surface area contributed by atoms with Crippen LogP contribution >= 0.6 is 0 Å². The van der Waals surface area contributed by atoms with Crippen LogP contribution in [0.1, 0.15) is 53.9 Å².